The second-order valence-corrected chi connectivity index (χ2v) is 7.60. The Morgan fingerprint density at radius 3 is 2.24 bits per heavy atom. The minimum atomic E-state index is -0.0361. The molecule has 2 aromatic rings. The second kappa shape index (κ2) is 8.11. The molecular weight excluding hydrogens is 311 g/mol. The zero-order valence-electron chi connectivity index (χ0n) is 15.4. The highest BCUT2D eigenvalue weighted by atomic mass is 19.2. The Bertz CT molecular complexity index is 646. The van der Waals surface area contributed by atoms with E-state index in [4.69, 9.17) is 0 Å². The number of hydrogen-bond donors (Lipinski definition) is 0. The van der Waals surface area contributed by atoms with Gasteiger partial charge in [0.25, 0.3) is 0 Å². The van der Waals surface area contributed by atoms with E-state index in [9.17, 15) is 4.48 Å². The Hall–Kier alpha value is -1.71. The lowest BCUT2D eigenvalue weighted by Crippen LogP contribution is -2.64. The molecule has 0 spiro atoms. The summed E-state index contributed by atoms with van der Waals surface area (Å²) in [6, 6.07) is 21.5. The Morgan fingerprint density at radius 1 is 1.04 bits per heavy atom. The van der Waals surface area contributed by atoms with Crippen LogP contribution in [0.3, 0.4) is 0 Å². The molecule has 0 N–H and O–H groups in total. The van der Waals surface area contributed by atoms with E-state index in [0.29, 0.717) is 12.6 Å². The normalized spacial score (nSPS) is 25.6. The summed E-state index contributed by atoms with van der Waals surface area (Å²) in [5, 5.41) is 1.07. The van der Waals surface area contributed by atoms with Gasteiger partial charge in [-0.2, -0.15) is 0 Å². The van der Waals surface area contributed by atoms with E-state index in [1.165, 1.54) is 11.1 Å². The largest absolute Gasteiger partial charge is 0.321 e. The molecular formula is C22H30FN2+. The average molecular weight is 341 g/mol. The first-order valence-electron chi connectivity index (χ1n) is 9.45. The van der Waals surface area contributed by atoms with Gasteiger partial charge in [-0.3, -0.25) is 0 Å². The molecule has 3 unspecified atom stereocenters. The molecule has 0 saturated carbocycles. The molecule has 2 nitrogen and oxygen atoms in total. The van der Waals surface area contributed by atoms with Gasteiger partial charge in [-0.25, -0.2) is 0 Å². The third-order valence-electron chi connectivity index (χ3n) is 5.83. The van der Waals surface area contributed by atoms with Crippen molar-refractivity contribution >= 4 is 0 Å². The fourth-order valence-electron chi connectivity index (χ4n) is 4.24. The summed E-state index contributed by atoms with van der Waals surface area (Å²) in [5.41, 5.74) is 2.61. The smallest absolute Gasteiger partial charge is 0.0975 e. The number of quaternary nitrogens is 1. The highest BCUT2D eigenvalue weighted by Crippen LogP contribution is 2.26. The molecule has 3 rings (SSSR count). The average Bonchev–Trinajstić information content (AvgIpc) is 2.64. The summed E-state index contributed by atoms with van der Waals surface area (Å²) in [6.45, 7) is 4.55. The van der Waals surface area contributed by atoms with Crippen molar-refractivity contribution in [3.8, 4) is 0 Å². The number of hydrogen-bond acceptors (Lipinski definition) is 1. The molecule has 0 aliphatic carbocycles. The molecule has 0 amide bonds. The highest BCUT2D eigenvalue weighted by molar-refractivity contribution is 5.17. The zero-order valence-corrected chi connectivity index (χ0v) is 15.4. The standard InChI is InChI=1S/C22H30FN2/c1-3-22(17-20-12-8-5-9-13-20)25(2)15-14-24(23)21(18-25)16-19-10-6-4-7-11-19/h4-13,21-22H,3,14-18H2,1-2H3/q+1. The van der Waals surface area contributed by atoms with Crippen molar-refractivity contribution in [3.05, 3.63) is 71.8 Å². The number of piperazine rings is 1. The number of halogens is 1. The lowest BCUT2D eigenvalue weighted by atomic mass is 9.96. The minimum absolute atomic E-state index is 0.0361. The molecule has 2 aromatic carbocycles. The zero-order chi connectivity index (χ0) is 17.7. The first kappa shape index (κ1) is 18.1. The van der Waals surface area contributed by atoms with Gasteiger partial charge in [-0.15, -0.1) is 9.60 Å². The molecule has 0 bridgehead atoms. The van der Waals surface area contributed by atoms with Crippen LogP contribution in [0.5, 0.6) is 0 Å². The lowest BCUT2D eigenvalue weighted by molar-refractivity contribution is -0.941. The fraction of sp³-hybridized carbons (Fsp3) is 0.455. The van der Waals surface area contributed by atoms with Crippen LogP contribution in [0.4, 0.5) is 4.48 Å². The van der Waals surface area contributed by atoms with Crippen LogP contribution in [-0.4, -0.2) is 48.4 Å². The molecule has 0 aromatic heterocycles. The van der Waals surface area contributed by atoms with Gasteiger partial charge in [0.05, 0.1) is 38.8 Å². The van der Waals surface area contributed by atoms with Gasteiger partial charge in [-0.05, 0) is 24.0 Å². The summed E-state index contributed by atoms with van der Waals surface area (Å²) < 4.78 is 15.5. The predicted octanol–water partition coefficient (Wildman–Crippen LogP) is 4.27. The third-order valence-corrected chi connectivity index (χ3v) is 5.83. The van der Waals surface area contributed by atoms with Gasteiger partial charge in [0, 0.05) is 6.42 Å². The summed E-state index contributed by atoms with van der Waals surface area (Å²) in [5.74, 6) is 0. The van der Waals surface area contributed by atoms with Crippen LogP contribution in [0.2, 0.25) is 0 Å². The maximum absolute atomic E-state index is 14.5. The van der Waals surface area contributed by atoms with Crippen molar-refractivity contribution in [2.24, 2.45) is 0 Å². The molecule has 1 heterocycles. The Morgan fingerprint density at radius 2 is 1.64 bits per heavy atom. The third kappa shape index (κ3) is 4.47. The maximum atomic E-state index is 14.5. The van der Waals surface area contributed by atoms with Crippen LogP contribution >= 0.6 is 0 Å². The van der Waals surface area contributed by atoms with Crippen molar-refractivity contribution in [2.75, 3.05) is 26.7 Å². The topological polar surface area (TPSA) is 3.24 Å². The van der Waals surface area contributed by atoms with Crippen LogP contribution in [0.15, 0.2) is 60.7 Å². The first-order valence-corrected chi connectivity index (χ1v) is 9.45. The van der Waals surface area contributed by atoms with E-state index < -0.39 is 0 Å². The van der Waals surface area contributed by atoms with E-state index in [0.717, 1.165) is 42.0 Å². The lowest BCUT2D eigenvalue weighted by Gasteiger charge is -2.48. The SMILES string of the molecule is CCC(Cc1ccccc1)[N+]1(C)CCN(F)C(Cc2ccccc2)C1. The molecule has 134 valence electrons. The van der Waals surface area contributed by atoms with Crippen LogP contribution in [0.25, 0.3) is 0 Å². The molecule has 3 heteroatoms. The first-order chi connectivity index (χ1) is 12.1. The van der Waals surface area contributed by atoms with E-state index in [-0.39, 0.29) is 6.04 Å². The predicted molar refractivity (Wildman–Crippen MR) is 102 cm³/mol. The molecule has 0 radical (unpaired) electrons. The fourth-order valence-corrected chi connectivity index (χ4v) is 4.24. The Labute approximate surface area is 151 Å². The van der Waals surface area contributed by atoms with Crippen molar-refractivity contribution < 1.29 is 8.96 Å². The minimum Gasteiger partial charge on any atom is -0.321 e. The van der Waals surface area contributed by atoms with Gasteiger partial charge in [0.15, 0.2) is 0 Å². The highest BCUT2D eigenvalue weighted by Gasteiger charge is 2.41. The van der Waals surface area contributed by atoms with E-state index in [1.807, 2.05) is 18.2 Å². The summed E-state index contributed by atoms with van der Waals surface area (Å²) in [4.78, 5) is 0. The summed E-state index contributed by atoms with van der Waals surface area (Å²) in [7, 11) is 2.32. The Balaban J connectivity index is 1.72. The van der Waals surface area contributed by atoms with Gasteiger partial charge >= 0.3 is 0 Å². The molecule has 1 saturated heterocycles. The summed E-state index contributed by atoms with van der Waals surface area (Å²) >= 11 is 0. The van der Waals surface area contributed by atoms with E-state index in [2.05, 4.69) is 56.4 Å². The van der Waals surface area contributed by atoms with Gasteiger partial charge in [-0.1, -0.05) is 67.6 Å². The van der Waals surface area contributed by atoms with E-state index in [1.54, 1.807) is 0 Å². The van der Waals surface area contributed by atoms with Crippen LogP contribution in [0, 0.1) is 0 Å². The number of nitrogens with zero attached hydrogens (tertiary/aromatic N) is 2. The van der Waals surface area contributed by atoms with Crippen molar-refractivity contribution in [2.45, 2.75) is 38.3 Å². The number of benzene rings is 2. The summed E-state index contributed by atoms with van der Waals surface area (Å²) in [6.07, 6.45) is 2.97. The number of rotatable bonds is 6. The molecule has 1 aliphatic heterocycles. The maximum Gasteiger partial charge on any atom is 0.0975 e. The van der Waals surface area contributed by atoms with Crippen molar-refractivity contribution in [1.82, 2.24) is 5.12 Å². The van der Waals surface area contributed by atoms with Crippen LogP contribution < -0.4 is 0 Å². The van der Waals surface area contributed by atoms with Crippen molar-refractivity contribution in [3.63, 3.8) is 0 Å². The van der Waals surface area contributed by atoms with Crippen LogP contribution in [-0.2, 0) is 12.8 Å². The van der Waals surface area contributed by atoms with Gasteiger partial charge < -0.3 is 4.48 Å². The molecule has 25 heavy (non-hydrogen) atoms. The Kier molecular flexibility index (Phi) is 5.87. The van der Waals surface area contributed by atoms with Gasteiger partial charge in [0.2, 0.25) is 0 Å². The quantitative estimate of drug-likeness (QED) is 0.560. The van der Waals surface area contributed by atoms with Crippen molar-refractivity contribution in [1.29, 1.82) is 0 Å². The van der Waals surface area contributed by atoms with Gasteiger partial charge in [0.1, 0.15) is 0 Å². The monoisotopic (exact) mass is 341 g/mol. The molecule has 1 fully saturated rings. The second-order valence-electron chi connectivity index (χ2n) is 7.60. The van der Waals surface area contributed by atoms with Crippen LogP contribution in [0.1, 0.15) is 24.5 Å². The van der Waals surface area contributed by atoms with E-state index >= 15 is 0 Å². The number of likely N-dealkylation sites (N-methyl/N-ethyl adjacent to an activating group) is 1. The molecule has 1 aliphatic rings. The molecule has 3 atom stereocenters.